The van der Waals surface area contributed by atoms with E-state index in [1.807, 2.05) is 16.8 Å². The Bertz CT molecular complexity index is 1220. The Morgan fingerprint density at radius 2 is 1.97 bits per heavy atom. The third-order valence-corrected chi connectivity index (χ3v) is 5.19. The van der Waals surface area contributed by atoms with Crippen molar-refractivity contribution in [1.29, 1.82) is 0 Å². The summed E-state index contributed by atoms with van der Waals surface area (Å²) in [7, 11) is 0. The maximum atomic E-state index is 13.4. The molecule has 4 aromatic rings. The van der Waals surface area contributed by atoms with Crippen LogP contribution in [0.2, 0.25) is 0 Å². The summed E-state index contributed by atoms with van der Waals surface area (Å²) in [6.07, 6.45) is 6.43. The van der Waals surface area contributed by atoms with Crippen LogP contribution in [0, 0.1) is 5.82 Å². The van der Waals surface area contributed by atoms with Gasteiger partial charge in [0, 0.05) is 41.8 Å². The standard InChI is InChI=1S/C23H27FN6O/c1-23(2,3)20-19-13-16(14-25-9-4-11-29-12-10-26-15-29)22(31)27-21(19)30(28-20)18-7-5-17(24)6-8-18/h5-8,10,12-13,15,25H,4,9,11,14H2,1-3H3,(H,27,31). The highest BCUT2D eigenvalue weighted by Crippen LogP contribution is 2.30. The van der Waals surface area contributed by atoms with Crippen LogP contribution in [-0.2, 0) is 18.5 Å². The van der Waals surface area contributed by atoms with E-state index in [9.17, 15) is 9.18 Å². The number of aryl methyl sites for hydroxylation is 1. The van der Waals surface area contributed by atoms with Crippen LogP contribution in [0.4, 0.5) is 4.39 Å². The van der Waals surface area contributed by atoms with Crippen LogP contribution in [-0.4, -0.2) is 30.9 Å². The van der Waals surface area contributed by atoms with Crippen molar-refractivity contribution in [1.82, 2.24) is 29.6 Å². The minimum absolute atomic E-state index is 0.154. The molecule has 3 heterocycles. The summed E-state index contributed by atoms with van der Waals surface area (Å²) in [6, 6.07) is 8.01. The van der Waals surface area contributed by atoms with E-state index in [4.69, 9.17) is 5.10 Å². The Morgan fingerprint density at radius 1 is 1.19 bits per heavy atom. The molecule has 0 unspecified atom stereocenters. The van der Waals surface area contributed by atoms with E-state index in [2.05, 4.69) is 36.1 Å². The average Bonchev–Trinajstić information content (AvgIpc) is 3.36. The number of hydrogen-bond acceptors (Lipinski definition) is 4. The number of pyridine rings is 1. The van der Waals surface area contributed by atoms with E-state index in [0.29, 0.717) is 23.4 Å². The zero-order valence-electron chi connectivity index (χ0n) is 18.0. The zero-order chi connectivity index (χ0) is 22.0. The lowest BCUT2D eigenvalue weighted by molar-refractivity contribution is 0.564. The fraction of sp³-hybridized carbons (Fsp3) is 0.348. The lowest BCUT2D eigenvalue weighted by Crippen LogP contribution is -2.23. The Kier molecular flexibility index (Phi) is 5.73. The fourth-order valence-corrected chi connectivity index (χ4v) is 3.60. The number of nitrogens with zero attached hydrogens (tertiary/aromatic N) is 4. The second-order valence-electron chi connectivity index (χ2n) is 8.70. The van der Waals surface area contributed by atoms with E-state index in [0.717, 1.165) is 30.6 Å². The van der Waals surface area contributed by atoms with Crippen molar-refractivity contribution in [3.8, 4) is 5.69 Å². The molecule has 162 valence electrons. The van der Waals surface area contributed by atoms with Gasteiger partial charge in [-0.3, -0.25) is 4.79 Å². The van der Waals surface area contributed by atoms with Gasteiger partial charge in [-0.25, -0.2) is 14.1 Å². The van der Waals surface area contributed by atoms with Crippen LogP contribution in [0.3, 0.4) is 0 Å². The SMILES string of the molecule is CC(C)(C)c1nn(-c2ccc(F)cc2)c2[nH]c(=O)c(CNCCCn3ccnc3)cc12. The highest BCUT2D eigenvalue weighted by molar-refractivity contribution is 5.81. The maximum Gasteiger partial charge on any atom is 0.254 e. The quantitative estimate of drug-likeness (QED) is 0.447. The van der Waals surface area contributed by atoms with Gasteiger partial charge in [-0.2, -0.15) is 5.10 Å². The Morgan fingerprint density at radius 3 is 2.65 bits per heavy atom. The van der Waals surface area contributed by atoms with E-state index in [-0.39, 0.29) is 16.8 Å². The number of fused-ring (bicyclic) bond motifs is 1. The number of hydrogen-bond donors (Lipinski definition) is 2. The third-order valence-electron chi connectivity index (χ3n) is 5.19. The van der Waals surface area contributed by atoms with Crippen LogP contribution in [0.1, 0.15) is 38.4 Å². The smallest absolute Gasteiger partial charge is 0.254 e. The van der Waals surface area contributed by atoms with Crippen molar-refractivity contribution in [2.75, 3.05) is 6.54 Å². The van der Waals surface area contributed by atoms with Crippen LogP contribution < -0.4 is 10.9 Å². The van der Waals surface area contributed by atoms with Crippen molar-refractivity contribution < 1.29 is 4.39 Å². The van der Waals surface area contributed by atoms with Gasteiger partial charge in [0.2, 0.25) is 0 Å². The first-order chi connectivity index (χ1) is 14.8. The normalized spacial score (nSPS) is 12.0. The molecule has 0 fully saturated rings. The molecule has 8 heteroatoms. The molecule has 0 saturated carbocycles. The van der Waals surface area contributed by atoms with Gasteiger partial charge in [0.15, 0.2) is 0 Å². The summed E-state index contributed by atoms with van der Waals surface area (Å²) < 4.78 is 17.1. The first-order valence-corrected chi connectivity index (χ1v) is 10.4. The molecule has 2 N–H and O–H groups in total. The van der Waals surface area contributed by atoms with Crippen molar-refractivity contribution >= 4 is 11.0 Å². The number of H-pyrrole nitrogens is 1. The molecule has 4 rings (SSSR count). The number of benzene rings is 1. The van der Waals surface area contributed by atoms with Crippen LogP contribution in [0.5, 0.6) is 0 Å². The molecular weight excluding hydrogens is 395 g/mol. The number of aromatic nitrogens is 5. The van der Waals surface area contributed by atoms with E-state index in [1.54, 1.807) is 29.3 Å². The number of rotatable bonds is 7. The summed E-state index contributed by atoms with van der Waals surface area (Å²) in [4.78, 5) is 19.8. The minimum atomic E-state index is -0.314. The molecule has 0 aliphatic heterocycles. The third kappa shape index (κ3) is 4.59. The molecule has 0 radical (unpaired) electrons. The topological polar surface area (TPSA) is 80.5 Å². The summed E-state index contributed by atoms with van der Waals surface area (Å²) in [5, 5.41) is 9.02. The molecule has 0 amide bonds. The van der Waals surface area contributed by atoms with E-state index in [1.165, 1.54) is 12.1 Å². The van der Waals surface area contributed by atoms with Gasteiger partial charge in [0.1, 0.15) is 11.5 Å². The first-order valence-electron chi connectivity index (χ1n) is 10.4. The predicted molar refractivity (Wildman–Crippen MR) is 119 cm³/mol. The van der Waals surface area contributed by atoms with Crippen LogP contribution >= 0.6 is 0 Å². The highest BCUT2D eigenvalue weighted by Gasteiger charge is 2.24. The Hall–Kier alpha value is -3.26. The average molecular weight is 423 g/mol. The second-order valence-corrected chi connectivity index (χ2v) is 8.70. The predicted octanol–water partition coefficient (Wildman–Crippen LogP) is 3.53. The van der Waals surface area contributed by atoms with Gasteiger partial charge >= 0.3 is 0 Å². The molecular formula is C23H27FN6O. The summed E-state index contributed by atoms with van der Waals surface area (Å²) in [6.45, 7) is 8.40. The molecule has 0 aliphatic carbocycles. The fourth-order valence-electron chi connectivity index (χ4n) is 3.60. The molecule has 1 aromatic carbocycles. The Balaban J connectivity index is 1.60. The Labute approximate surface area is 179 Å². The van der Waals surface area contributed by atoms with Gasteiger partial charge in [-0.15, -0.1) is 0 Å². The second kappa shape index (κ2) is 8.47. The highest BCUT2D eigenvalue weighted by atomic mass is 19.1. The molecule has 31 heavy (non-hydrogen) atoms. The van der Waals surface area contributed by atoms with E-state index >= 15 is 0 Å². The van der Waals surface area contributed by atoms with Crippen molar-refractivity contribution in [3.63, 3.8) is 0 Å². The molecule has 0 spiro atoms. The zero-order valence-corrected chi connectivity index (χ0v) is 18.0. The summed E-state index contributed by atoms with van der Waals surface area (Å²) >= 11 is 0. The van der Waals surface area contributed by atoms with Gasteiger partial charge in [-0.1, -0.05) is 20.8 Å². The van der Waals surface area contributed by atoms with Crippen LogP contribution in [0.15, 0.2) is 53.8 Å². The van der Waals surface area contributed by atoms with Gasteiger partial charge < -0.3 is 14.9 Å². The number of halogens is 1. The van der Waals surface area contributed by atoms with Gasteiger partial charge in [0.05, 0.1) is 17.7 Å². The monoisotopic (exact) mass is 422 g/mol. The molecule has 7 nitrogen and oxygen atoms in total. The maximum absolute atomic E-state index is 13.4. The lowest BCUT2D eigenvalue weighted by Gasteiger charge is -2.15. The largest absolute Gasteiger partial charge is 0.337 e. The molecule has 0 saturated heterocycles. The first kappa shape index (κ1) is 21.0. The van der Waals surface area contributed by atoms with Crippen molar-refractivity contribution in [2.24, 2.45) is 0 Å². The molecule has 0 atom stereocenters. The van der Waals surface area contributed by atoms with Crippen molar-refractivity contribution in [3.05, 3.63) is 76.5 Å². The molecule has 0 bridgehead atoms. The van der Waals surface area contributed by atoms with Crippen LogP contribution in [0.25, 0.3) is 16.7 Å². The molecule has 0 aliphatic rings. The van der Waals surface area contributed by atoms with Crippen molar-refractivity contribution in [2.45, 2.75) is 45.7 Å². The van der Waals surface area contributed by atoms with Gasteiger partial charge in [0.25, 0.3) is 5.56 Å². The summed E-state index contributed by atoms with van der Waals surface area (Å²) in [5.41, 5.74) is 2.48. The number of nitrogens with one attached hydrogen (secondary N) is 2. The lowest BCUT2D eigenvalue weighted by atomic mass is 9.90. The number of imidazole rings is 1. The summed E-state index contributed by atoms with van der Waals surface area (Å²) in [5.74, 6) is -0.314. The number of aromatic amines is 1. The van der Waals surface area contributed by atoms with Gasteiger partial charge in [-0.05, 0) is 43.3 Å². The minimum Gasteiger partial charge on any atom is -0.337 e. The molecule has 3 aromatic heterocycles. The van der Waals surface area contributed by atoms with E-state index < -0.39 is 0 Å².